The van der Waals surface area contributed by atoms with E-state index in [1.807, 2.05) is 24.3 Å². The van der Waals surface area contributed by atoms with Gasteiger partial charge in [-0.3, -0.25) is 4.79 Å². The molecule has 0 radical (unpaired) electrons. The number of rotatable bonds is 7. The van der Waals surface area contributed by atoms with E-state index in [2.05, 4.69) is 26.1 Å². The highest BCUT2D eigenvalue weighted by molar-refractivity contribution is 5.90. The minimum absolute atomic E-state index is 0. The van der Waals surface area contributed by atoms with Crippen LogP contribution in [-0.4, -0.2) is 19.1 Å². The summed E-state index contributed by atoms with van der Waals surface area (Å²) < 4.78 is 5.37. The summed E-state index contributed by atoms with van der Waals surface area (Å²) in [5.41, 5.74) is 6.15. The van der Waals surface area contributed by atoms with Gasteiger partial charge >= 0.3 is 0 Å². The zero-order valence-corrected chi connectivity index (χ0v) is 13.2. The van der Waals surface area contributed by atoms with Gasteiger partial charge in [-0.05, 0) is 36.1 Å². The van der Waals surface area contributed by atoms with Crippen molar-refractivity contribution in [1.82, 2.24) is 0 Å². The molecule has 1 atom stereocenters. The summed E-state index contributed by atoms with van der Waals surface area (Å²) in [5, 5.41) is 2.89. The lowest BCUT2D eigenvalue weighted by Crippen LogP contribution is -2.17. The first-order valence-corrected chi connectivity index (χ1v) is 6.75. The van der Waals surface area contributed by atoms with Crippen LogP contribution >= 0.6 is 12.4 Å². The molecule has 5 heteroatoms. The van der Waals surface area contributed by atoms with Gasteiger partial charge < -0.3 is 15.8 Å². The Bertz CT molecular complexity index is 393. The molecule has 0 aromatic heterocycles. The minimum Gasteiger partial charge on any atom is -0.492 e. The second-order valence-electron chi connectivity index (χ2n) is 5.14. The molecule has 114 valence electrons. The summed E-state index contributed by atoms with van der Waals surface area (Å²) >= 11 is 0. The molecule has 0 saturated heterocycles. The highest BCUT2D eigenvalue weighted by Gasteiger charge is 2.12. The van der Waals surface area contributed by atoms with Crippen molar-refractivity contribution in [3.63, 3.8) is 0 Å². The van der Waals surface area contributed by atoms with Crippen LogP contribution in [0.5, 0.6) is 5.75 Å². The Balaban J connectivity index is 0.00000361. The van der Waals surface area contributed by atoms with Gasteiger partial charge in [0, 0.05) is 18.7 Å². The average molecular weight is 301 g/mol. The molecule has 1 rings (SSSR count). The van der Waals surface area contributed by atoms with Crippen LogP contribution in [0.15, 0.2) is 24.3 Å². The van der Waals surface area contributed by atoms with Crippen LogP contribution in [0.2, 0.25) is 0 Å². The number of amides is 1. The van der Waals surface area contributed by atoms with Crippen LogP contribution in [-0.2, 0) is 4.79 Å². The van der Waals surface area contributed by atoms with E-state index >= 15 is 0 Å². The summed E-state index contributed by atoms with van der Waals surface area (Å²) in [6.07, 6.45) is 0.545. The Morgan fingerprint density at radius 2 is 1.85 bits per heavy atom. The summed E-state index contributed by atoms with van der Waals surface area (Å²) in [4.78, 5) is 11.8. The molecule has 1 unspecified atom stereocenters. The molecule has 0 aliphatic rings. The Morgan fingerprint density at radius 1 is 1.25 bits per heavy atom. The molecule has 0 heterocycles. The first-order chi connectivity index (χ1) is 9.02. The standard InChI is InChI=1S/C15H24N2O2.ClH/c1-11(2)12(3)10-15(18)17-13-4-6-14(7-5-13)19-9-8-16;/h4-7,11-12H,8-10,16H2,1-3H3,(H,17,18);1H. The van der Waals surface area contributed by atoms with Crippen molar-refractivity contribution in [2.24, 2.45) is 17.6 Å². The topological polar surface area (TPSA) is 64.3 Å². The van der Waals surface area contributed by atoms with E-state index in [1.54, 1.807) is 0 Å². The van der Waals surface area contributed by atoms with Gasteiger partial charge in [0.2, 0.25) is 5.91 Å². The third-order valence-electron chi connectivity index (χ3n) is 3.17. The van der Waals surface area contributed by atoms with Crippen LogP contribution in [0.1, 0.15) is 27.2 Å². The summed E-state index contributed by atoms with van der Waals surface area (Å²) in [6, 6.07) is 7.34. The molecular formula is C15H25ClN2O2. The first-order valence-electron chi connectivity index (χ1n) is 6.75. The zero-order chi connectivity index (χ0) is 14.3. The largest absolute Gasteiger partial charge is 0.492 e. The predicted octanol–water partition coefficient (Wildman–Crippen LogP) is 3.07. The maximum Gasteiger partial charge on any atom is 0.224 e. The van der Waals surface area contributed by atoms with Gasteiger partial charge in [-0.15, -0.1) is 12.4 Å². The molecule has 0 bridgehead atoms. The molecule has 1 aromatic carbocycles. The Morgan fingerprint density at radius 3 is 2.35 bits per heavy atom. The molecule has 1 amide bonds. The van der Waals surface area contributed by atoms with Gasteiger partial charge in [0.15, 0.2) is 0 Å². The van der Waals surface area contributed by atoms with E-state index in [0.29, 0.717) is 31.4 Å². The van der Waals surface area contributed by atoms with Gasteiger partial charge in [-0.25, -0.2) is 0 Å². The molecule has 0 aliphatic heterocycles. The Hall–Kier alpha value is -1.26. The van der Waals surface area contributed by atoms with Crippen molar-refractivity contribution in [1.29, 1.82) is 0 Å². The van der Waals surface area contributed by atoms with Crippen molar-refractivity contribution in [3.05, 3.63) is 24.3 Å². The number of carbonyl (C=O) groups is 1. The van der Waals surface area contributed by atoms with E-state index in [1.165, 1.54) is 0 Å². The molecule has 3 N–H and O–H groups in total. The predicted molar refractivity (Wildman–Crippen MR) is 85.5 cm³/mol. The lowest BCUT2D eigenvalue weighted by atomic mass is 9.94. The monoisotopic (exact) mass is 300 g/mol. The van der Waals surface area contributed by atoms with Gasteiger partial charge in [0.25, 0.3) is 0 Å². The quantitative estimate of drug-likeness (QED) is 0.813. The smallest absolute Gasteiger partial charge is 0.224 e. The molecule has 0 saturated carbocycles. The number of nitrogens with one attached hydrogen (secondary N) is 1. The lowest BCUT2D eigenvalue weighted by molar-refractivity contribution is -0.117. The SMILES string of the molecule is CC(C)C(C)CC(=O)Nc1ccc(OCCN)cc1.Cl. The molecule has 4 nitrogen and oxygen atoms in total. The van der Waals surface area contributed by atoms with Crippen molar-refractivity contribution in [2.45, 2.75) is 27.2 Å². The summed E-state index contributed by atoms with van der Waals surface area (Å²) in [6.45, 7) is 7.33. The minimum atomic E-state index is 0. The highest BCUT2D eigenvalue weighted by atomic mass is 35.5. The van der Waals surface area contributed by atoms with Crippen LogP contribution in [0, 0.1) is 11.8 Å². The van der Waals surface area contributed by atoms with Crippen molar-refractivity contribution in [2.75, 3.05) is 18.5 Å². The molecule has 0 fully saturated rings. The zero-order valence-electron chi connectivity index (χ0n) is 12.4. The molecule has 0 spiro atoms. The number of carbonyl (C=O) groups excluding carboxylic acids is 1. The second-order valence-corrected chi connectivity index (χ2v) is 5.14. The van der Waals surface area contributed by atoms with E-state index in [0.717, 1.165) is 11.4 Å². The molecule has 1 aromatic rings. The lowest BCUT2D eigenvalue weighted by Gasteiger charge is -2.15. The van der Waals surface area contributed by atoms with Crippen LogP contribution < -0.4 is 15.8 Å². The Kier molecular flexibility index (Phi) is 9.01. The maximum absolute atomic E-state index is 11.8. The number of ether oxygens (including phenoxy) is 1. The number of hydrogen-bond donors (Lipinski definition) is 2. The summed E-state index contributed by atoms with van der Waals surface area (Å²) in [7, 11) is 0. The normalized spacial score (nSPS) is 11.7. The molecule has 20 heavy (non-hydrogen) atoms. The van der Waals surface area contributed by atoms with Gasteiger partial charge in [-0.2, -0.15) is 0 Å². The highest BCUT2D eigenvalue weighted by Crippen LogP contribution is 2.18. The van der Waals surface area contributed by atoms with Crippen LogP contribution in [0.3, 0.4) is 0 Å². The number of benzene rings is 1. The van der Waals surface area contributed by atoms with Gasteiger partial charge in [-0.1, -0.05) is 20.8 Å². The fourth-order valence-corrected chi connectivity index (χ4v) is 1.55. The van der Waals surface area contributed by atoms with E-state index in [9.17, 15) is 4.79 Å². The van der Waals surface area contributed by atoms with E-state index in [4.69, 9.17) is 10.5 Å². The second kappa shape index (κ2) is 9.61. The van der Waals surface area contributed by atoms with Crippen LogP contribution in [0.4, 0.5) is 5.69 Å². The van der Waals surface area contributed by atoms with Gasteiger partial charge in [0.1, 0.15) is 12.4 Å². The number of halogens is 1. The van der Waals surface area contributed by atoms with E-state index in [-0.39, 0.29) is 18.3 Å². The third kappa shape index (κ3) is 6.78. The number of nitrogens with two attached hydrogens (primary N) is 1. The fraction of sp³-hybridized carbons (Fsp3) is 0.533. The first kappa shape index (κ1) is 18.7. The van der Waals surface area contributed by atoms with E-state index < -0.39 is 0 Å². The fourth-order valence-electron chi connectivity index (χ4n) is 1.55. The molecule has 0 aliphatic carbocycles. The number of anilines is 1. The Labute approximate surface area is 127 Å². The maximum atomic E-state index is 11.8. The number of hydrogen-bond acceptors (Lipinski definition) is 3. The molecular weight excluding hydrogens is 276 g/mol. The van der Waals surface area contributed by atoms with Crippen molar-refractivity contribution in [3.8, 4) is 5.75 Å². The van der Waals surface area contributed by atoms with Crippen molar-refractivity contribution < 1.29 is 9.53 Å². The average Bonchev–Trinajstić information content (AvgIpc) is 2.37. The van der Waals surface area contributed by atoms with Crippen molar-refractivity contribution >= 4 is 24.0 Å². The van der Waals surface area contributed by atoms with Gasteiger partial charge in [0.05, 0.1) is 0 Å². The third-order valence-corrected chi connectivity index (χ3v) is 3.17. The van der Waals surface area contributed by atoms with Crippen LogP contribution in [0.25, 0.3) is 0 Å². The summed E-state index contributed by atoms with van der Waals surface area (Å²) in [5.74, 6) is 1.71.